The van der Waals surface area contributed by atoms with Crippen LogP contribution in [0.3, 0.4) is 0 Å². The molecule has 1 aromatic heterocycles. The minimum Gasteiger partial charge on any atom is -0.495 e. The van der Waals surface area contributed by atoms with Crippen molar-refractivity contribution in [3.05, 3.63) is 42.2 Å². The van der Waals surface area contributed by atoms with Gasteiger partial charge in [-0.1, -0.05) is 12.1 Å². The predicted octanol–water partition coefficient (Wildman–Crippen LogP) is 3.44. The minimum atomic E-state index is -4.46. The summed E-state index contributed by atoms with van der Waals surface area (Å²) in [5.41, 5.74) is 0.0925. The molecule has 134 valence electrons. The molecule has 0 saturated carbocycles. The van der Waals surface area contributed by atoms with Gasteiger partial charge in [-0.3, -0.25) is 0 Å². The van der Waals surface area contributed by atoms with E-state index in [9.17, 15) is 13.2 Å². The molecule has 8 heteroatoms. The number of benzene rings is 1. The number of nitrogens with zero attached hydrogens (tertiary/aromatic N) is 3. The van der Waals surface area contributed by atoms with Gasteiger partial charge in [-0.15, -0.1) is 0 Å². The average molecular weight is 352 g/mol. The zero-order chi connectivity index (χ0) is 17.9. The molecule has 1 saturated heterocycles. The molecule has 2 heterocycles. The van der Waals surface area contributed by atoms with Crippen LogP contribution in [-0.2, 0) is 6.18 Å². The van der Waals surface area contributed by atoms with Gasteiger partial charge >= 0.3 is 6.18 Å². The number of halogens is 3. The summed E-state index contributed by atoms with van der Waals surface area (Å²) in [6.07, 6.45) is -2.41. The van der Waals surface area contributed by atoms with E-state index in [0.29, 0.717) is 12.5 Å². The maximum absolute atomic E-state index is 12.7. The van der Waals surface area contributed by atoms with Gasteiger partial charge in [0, 0.05) is 25.8 Å². The fraction of sp³-hybridized carbons (Fsp3) is 0.412. The van der Waals surface area contributed by atoms with Gasteiger partial charge in [-0.25, -0.2) is 9.97 Å². The summed E-state index contributed by atoms with van der Waals surface area (Å²) in [5.74, 6) is 1.12. The molecule has 0 spiro atoms. The number of hydrogen-bond acceptors (Lipinski definition) is 5. The van der Waals surface area contributed by atoms with E-state index in [4.69, 9.17) is 4.74 Å². The largest absolute Gasteiger partial charge is 0.495 e. The highest BCUT2D eigenvalue weighted by atomic mass is 19.4. The molecule has 0 aliphatic carbocycles. The highest BCUT2D eigenvalue weighted by Gasteiger charge is 2.33. The molecule has 1 aromatic carbocycles. The Balaban J connectivity index is 1.59. The fourth-order valence-corrected chi connectivity index (χ4v) is 2.95. The number of methoxy groups -OCH3 is 1. The smallest absolute Gasteiger partial charge is 0.433 e. The van der Waals surface area contributed by atoms with Gasteiger partial charge in [-0.2, -0.15) is 13.2 Å². The molecule has 1 N–H and O–H groups in total. The number of nitrogens with one attached hydrogen (secondary N) is 1. The van der Waals surface area contributed by atoms with Crippen molar-refractivity contribution in [2.24, 2.45) is 5.92 Å². The summed E-state index contributed by atoms with van der Waals surface area (Å²) in [5, 5.41) is 2.92. The molecule has 0 bridgehead atoms. The van der Waals surface area contributed by atoms with Crippen LogP contribution in [0.5, 0.6) is 5.75 Å². The molecule has 0 radical (unpaired) electrons. The molecule has 2 aromatic rings. The normalized spacial score (nSPS) is 17.6. The van der Waals surface area contributed by atoms with E-state index in [1.807, 2.05) is 24.3 Å². The SMILES string of the molecule is COc1ccccc1N1CC[C@@H](CNc2nccc(C(F)(F)F)n2)C1. The number of aromatic nitrogens is 2. The third-order valence-corrected chi connectivity index (χ3v) is 4.21. The number of ether oxygens (including phenoxy) is 1. The second kappa shape index (κ2) is 7.16. The highest BCUT2D eigenvalue weighted by molar-refractivity contribution is 5.59. The maximum Gasteiger partial charge on any atom is 0.433 e. The Hall–Kier alpha value is -2.51. The number of rotatable bonds is 5. The third-order valence-electron chi connectivity index (χ3n) is 4.21. The lowest BCUT2D eigenvalue weighted by atomic mass is 10.1. The van der Waals surface area contributed by atoms with Gasteiger partial charge in [0.1, 0.15) is 11.4 Å². The summed E-state index contributed by atoms with van der Waals surface area (Å²) in [6.45, 7) is 2.19. The van der Waals surface area contributed by atoms with E-state index in [0.717, 1.165) is 43.2 Å². The van der Waals surface area contributed by atoms with Gasteiger partial charge in [0.05, 0.1) is 12.8 Å². The summed E-state index contributed by atoms with van der Waals surface area (Å²) < 4.78 is 43.4. The van der Waals surface area contributed by atoms with Crippen LogP contribution in [0.2, 0.25) is 0 Å². The van der Waals surface area contributed by atoms with Gasteiger partial charge in [0.25, 0.3) is 0 Å². The second-order valence-corrected chi connectivity index (χ2v) is 5.92. The number of hydrogen-bond donors (Lipinski definition) is 1. The van der Waals surface area contributed by atoms with Crippen LogP contribution in [0, 0.1) is 5.92 Å². The van der Waals surface area contributed by atoms with Crippen LogP contribution in [0.15, 0.2) is 36.5 Å². The topological polar surface area (TPSA) is 50.3 Å². The van der Waals surface area contributed by atoms with Crippen molar-refractivity contribution in [1.82, 2.24) is 9.97 Å². The van der Waals surface area contributed by atoms with Crippen molar-refractivity contribution in [1.29, 1.82) is 0 Å². The fourth-order valence-electron chi connectivity index (χ4n) is 2.95. The molecular weight excluding hydrogens is 333 g/mol. The lowest BCUT2D eigenvalue weighted by molar-refractivity contribution is -0.141. The summed E-state index contributed by atoms with van der Waals surface area (Å²) >= 11 is 0. The van der Waals surface area contributed by atoms with E-state index in [2.05, 4.69) is 20.2 Å². The van der Waals surface area contributed by atoms with Crippen molar-refractivity contribution in [3.8, 4) is 5.75 Å². The van der Waals surface area contributed by atoms with Gasteiger partial charge in [0.15, 0.2) is 0 Å². The standard InChI is InChI=1S/C17H19F3N4O/c1-25-14-5-3-2-4-13(14)24-9-7-12(11-24)10-22-16-21-8-6-15(23-16)17(18,19)20/h2-6,8,12H,7,9-11H2,1H3,(H,21,22,23)/t12-/m0/s1. The molecule has 1 aliphatic heterocycles. The first kappa shape index (κ1) is 17.3. The molecule has 3 rings (SSSR count). The summed E-state index contributed by atoms with van der Waals surface area (Å²) in [6, 6.07) is 8.66. The number of anilines is 2. The van der Waals surface area contributed by atoms with Gasteiger partial charge in [0.2, 0.25) is 5.95 Å². The zero-order valence-electron chi connectivity index (χ0n) is 13.8. The molecule has 5 nitrogen and oxygen atoms in total. The minimum absolute atomic E-state index is 0.00515. The predicted molar refractivity (Wildman–Crippen MR) is 88.8 cm³/mol. The van der Waals surface area contributed by atoms with E-state index in [1.165, 1.54) is 0 Å². The van der Waals surface area contributed by atoms with Crippen LogP contribution >= 0.6 is 0 Å². The van der Waals surface area contributed by atoms with Crippen molar-refractivity contribution >= 4 is 11.6 Å². The molecule has 25 heavy (non-hydrogen) atoms. The summed E-state index contributed by atoms with van der Waals surface area (Å²) in [7, 11) is 1.64. The van der Waals surface area contributed by atoms with Crippen LogP contribution < -0.4 is 15.0 Å². The van der Waals surface area contributed by atoms with Crippen molar-refractivity contribution in [2.45, 2.75) is 12.6 Å². The van der Waals surface area contributed by atoms with Crippen molar-refractivity contribution in [3.63, 3.8) is 0 Å². The monoisotopic (exact) mass is 352 g/mol. The second-order valence-electron chi connectivity index (χ2n) is 5.92. The van der Waals surface area contributed by atoms with Gasteiger partial charge < -0.3 is 15.0 Å². The Labute approximate surface area is 143 Å². The van der Waals surface area contributed by atoms with Crippen molar-refractivity contribution < 1.29 is 17.9 Å². The van der Waals surface area contributed by atoms with Gasteiger partial charge in [-0.05, 0) is 30.5 Å². The average Bonchev–Trinajstić information content (AvgIpc) is 3.08. The lowest BCUT2D eigenvalue weighted by Crippen LogP contribution is -2.23. The first-order chi connectivity index (χ1) is 12.0. The Bertz CT molecular complexity index is 723. The first-order valence-electron chi connectivity index (χ1n) is 7.99. The van der Waals surface area contributed by atoms with Crippen LogP contribution in [0.25, 0.3) is 0 Å². The van der Waals surface area contributed by atoms with Crippen LogP contribution in [-0.4, -0.2) is 36.7 Å². The summed E-state index contributed by atoms with van der Waals surface area (Å²) in [4.78, 5) is 9.61. The first-order valence-corrected chi connectivity index (χ1v) is 7.99. The van der Waals surface area contributed by atoms with Crippen LogP contribution in [0.4, 0.5) is 24.8 Å². The Morgan fingerprint density at radius 2 is 2.08 bits per heavy atom. The lowest BCUT2D eigenvalue weighted by Gasteiger charge is -2.21. The molecule has 1 aliphatic rings. The molecular formula is C17H19F3N4O. The zero-order valence-corrected chi connectivity index (χ0v) is 13.8. The van der Waals surface area contributed by atoms with Crippen LogP contribution in [0.1, 0.15) is 12.1 Å². The highest BCUT2D eigenvalue weighted by Crippen LogP contribution is 2.32. The Morgan fingerprint density at radius 1 is 1.28 bits per heavy atom. The maximum atomic E-state index is 12.7. The van der Waals surface area contributed by atoms with E-state index < -0.39 is 11.9 Å². The molecule has 1 fully saturated rings. The van der Waals surface area contributed by atoms with E-state index >= 15 is 0 Å². The van der Waals surface area contributed by atoms with Crippen molar-refractivity contribution in [2.75, 3.05) is 37.0 Å². The molecule has 1 atom stereocenters. The molecule has 0 amide bonds. The van der Waals surface area contributed by atoms with E-state index in [-0.39, 0.29) is 5.95 Å². The Morgan fingerprint density at radius 3 is 2.84 bits per heavy atom. The Kier molecular flexibility index (Phi) is 4.96. The quantitative estimate of drug-likeness (QED) is 0.893. The third kappa shape index (κ3) is 4.12. The molecule has 0 unspecified atom stereocenters. The number of para-hydroxylation sites is 2. The number of alkyl halides is 3. The van der Waals surface area contributed by atoms with E-state index in [1.54, 1.807) is 7.11 Å².